The van der Waals surface area contributed by atoms with Gasteiger partial charge in [0.05, 0.1) is 6.61 Å². The molecule has 2 aromatic rings. The van der Waals surface area contributed by atoms with Gasteiger partial charge < -0.3 is 24.9 Å². The summed E-state index contributed by atoms with van der Waals surface area (Å²) in [6, 6.07) is 12.6. The number of carboxylic acids is 1. The molecule has 0 aromatic heterocycles. The first-order valence-corrected chi connectivity index (χ1v) is 10.2. The van der Waals surface area contributed by atoms with Crippen molar-refractivity contribution in [2.75, 3.05) is 29.9 Å². The van der Waals surface area contributed by atoms with Crippen LogP contribution in [0.5, 0.6) is 5.75 Å². The van der Waals surface area contributed by atoms with Crippen LogP contribution >= 0.6 is 0 Å². The summed E-state index contributed by atoms with van der Waals surface area (Å²) in [5.41, 5.74) is 6.11. The van der Waals surface area contributed by atoms with Crippen molar-refractivity contribution in [1.82, 2.24) is 0 Å². The van der Waals surface area contributed by atoms with Crippen LogP contribution in [0.15, 0.2) is 36.4 Å². The number of carbonyl (C=O) groups is 1. The Balaban J connectivity index is 0.00000240. The Kier molecular flexibility index (Phi) is 7.49. The quantitative estimate of drug-likeness (QED) is 0.665. The van der Waals surface area contributed by atoms with E-state index in [0.29, 0.717) is 6.61 Å². The summed E-state index contributed by atoms with van der Waals surface area (Å²) in [4.78, 5) is 13.4. The maximum atomic E-state index is 10.9. The summed E-state index contributed by atoms with van der Waals surface area (Å²) in [5, 5.41) is 14.4. The molecule has 0 spiro atoms. The van der Waals surface area contributed by atoms with Gasteiger partial charge in [0.15, 0.2) is 0 Å². The van der Waals surface area contributed by atoms with E-state index >= 15 is 0 Å². The zero-order valence-corrected chi connectivity index (χ0v) is 19.4. The predicted octanol–water partition coefficient (Wildman–Crippen LogP) is 0.0813. The number of benzene rings is 2. The van der Waals surface area contributed by atoms with Crippen molar-refractivity contribution in [3.8, 4) is 5.75 Å². The van der Waals surface area contributed by atoms with Crippen molar-refractivity contribution in [2.45, 2.75) is 45.1 Å². The first kappa shape index (κ1) is 22.0. The largest absolute Gasteiger partial charge is 1.00 e. The van der Waals surface area contributed by atoms with E-state index in [1.165, 1.54) is 23.2 Å². The smallest absolute Gasteiger partial charge is 0.550 e. The SMILES string of the molecule is CCCN1CCCc2cccc(CNc3ccc4c(c3)OCC4CC(=O)[O-])c21.[Na+]. The van der Waals surface area contributed by atoms with Gasteiger partial charge in [-0.15, -0.1) is 0 Å². The molecule has 0 bridgehead atoms. The standard InChI is InChI=1S/C23H28N2O3.Na/c1-2-10-25-11-4-7-16-5-3-6-17(23(16)25)14-24-19-8-9-20-18(12-22(26)27)15-28-21(20)13-19;/h3,5-6,8-9,13,18,24H,2,4,7,10-12,14-15H2,1H3,(H,26,27);/q;+1/p-1. The van der Waals surface area contributed by atoms with Crippen molar-refractivity contribution >= 4 is 17.3 Å². The molecule has 0 saturated heterocycles. The Morgan fingerprint density at radius 2 is 2.17 bits per heavy atom. The molecule has 2 heterocycles. The van der Waals surface area contributed by atoms with E-state index in [2.05, 4.69) is 35.3 Å². The van der Waals surface area contributed by atoms with Gasteiger partial charge in [0.1, 0.15) is 5.75 Å². The molecule has 29 heavy (non-hydrogen) atoms. The van der Waals surface area contributed by atoms with Crippen molar-refractivity contribution in [2.24, 2.45) is 0 Å². The maximum Gasteiger partial charge on any atom is 1.00 e. The number of aryl methyl sites for hydroxylation is 1. The van der Waals surface area contributed by atoms with E-state index in [1.807, 2.05) is 18.2 Å². The molecule has 6 heteroatoms. The van der Waals surface area contributed by atoms with Gasteiger partial charge in [-0.1, -0.05) is 31.2 Å². The van der Waals surface area contributed by atoms with Gasteiger partial charge in [-0.05, 0) is 42.9 Å². The van der Waals surface area contributed by atoms with Crippen LogP contribution in [0, 0.1) is 0 Å². The van der Waals surface area contributed by atoms with Crippen LogP contribution in [-0.2, 0) is 17.8 Å². The van der Waals surface area contributed by atoms with E-state index in [4.69, 9.17) is 4.74 Å². The minimum Gasteiger partial charge on any atom is -0.550 e. The minimum absolute atomic E-state index is 0. The first-order chi connectivity index (χ1) is 13.7. The Labute approximate surface area is 194 Å². The number of hydrogen-bond acceptors (Lipinski definition) is 5. The number of aliphatic carboxylic acids is 1. The second-order valence-electron chi connectivity index (χ2n) is 7.71. The van der Waals surface area contributed by atoms with Gasteiger partial charge in [0, 0.05) is 54.5 Å². The second kappa shape index (κ2) is 9.88. The number of nitrogens with one attached hydrogen (secondary N) is 1. The summed E-state index contributed by atoms with van der Waals surface area (Å²) in [5.74, 6) is -0.370. The van der Waals surface area contributed by atoms with Crippen LogP contribution in [0.3, 0.4) is 0 Å². The molecule has 0 aliphatic carbocycles. The molecule has 4 rings (SSSR count). The Morgan fingerprint density at radius 1 is 1.31 bits per heavy atom. The molecule has 2 aliphatic heterocycles. The van der Waals surface area contributed by atoms with Crippen LogP contribution in [0.4, 0.5) is 11.4 Å². The monoisotopic (exact) mass is 402 g/mol. The number of rotatable bonds is 7. The molecular formula is C23H27N2NaO3. The zero-order valence-electron chi connectivity index (χ0n) is 17.4. The molecule has 0 radical (unpaired) electrons. The molecule has 1 N–H and O–H groups in total. The number of ether oxygens (including phenoxy) is 1. The van der Waals surface area contributed by atoms with Crippen molar-refractivity contribution in [1.29, 1.82) is 0 Å². The molecule has 0 amide bonds. The van der Waals surface area contributed by atoms with E-state index in [1.54, 1.807) is 0 Å². The topological polar surface area (TPSA) is 64.6 Å². The van der Waals surface area contributed by atoms with Crippen LogP contribution in [0.2, 0.25) is 0 Å². The third-order valence-electron chi connectivity index (χ3n) is 5.68. The van der Waals surface area contributed by atoms with Crippen LogP contribution in [0.1, 0.15) is 48.8 Å². The Morgan fingerprint density at radius 3 is 2.97 bits per heavy atom. The van der Waals surface area contributed by atoms with Crippen LogP contribution < -0.4 is 49.6 Å². The van der Waals surface area contributed by atoms with E-state index < -0.39 is 5.97 Å². The summed E-state index contributed by atoms with van der Waals surface area (Å²) in [7, 11) is 0. The average Bonchev–Trinajstić information content (AvgIpc) is 3.08. The number of hydrogen-bond donors (Lipinski definition) is 1. The number of carbonyl (C=O) groups excluding carboxylic acids is 1. The van der Waals surface area contributed by atoms with E-state index in [-0.39, 0.29) is 41.9 Å². The van der Waals surface area contributed by atoms with Gasteiger partial charge in [-0.2, -0.15) is 0 Å². The third kappa shape index (κ3) is 4.90. The van der Waals surface area contributed by atoms with Crippen molar-refractivity contribution < 1.29 is 44.2 Å². The molecule has 0 fully saturated rings. The summed E-state index contributed by atoms with van der Waals surface area (Å²) in [6.45, 7) is 5.61. The molecule has 0 saturated carbocycles. The summed E-state index contributed by atoms with van der Waals surface area (Å²) >= 11 is 0. The molecule has 148 valence electrons. The van der Waals surface area contributed by atoms with Crippen molar-refractivity contribution in [3.63, 3.8) is 0 Å². The summed E-state index contributed by atoms with van der Waals surface area (Å²) in [6.07, 6.45) is 3.52. The van der Waals surface area contributed by atoms with Crippen LogP contribution in [0.25, 0.3) is 0 Å². The van der Waals surface area contributed by atoms with Gasteiger partial charge in [0.2, 0.25) is 0 Å². The van der Waals surface area contributed by atoms with E-state index in [9.17, 15) is 9.90 Å². The normalized spacial score (nSPS) is 17.0. The zero-order chi connectivity index (χ0) is 19.5. The Hall–Kier alpha value is -1.69. The first-order valence-electron chi connectivity index (χ1n) is 10.2. The molecular weight excluding hydrogens is 375 g/mol. The predicted molar refractivity (Wildman–Crippen MR) is 109 cm³/mol. The molecule has 2 aromatic carbocycles. The van der Waals surface area contributed by atoms with Crippen molar-refractivity contribution in [3.05, 3.63) is 53.1 Å². The number of nitrogens with zero attached hydrogens (tertiary/aromatic N) is 1. The average molecular weight is 402 g/mol. The summed E-state index contributed by atoms with van der Waals surface area (Å²) < 4.78 is 5.70. The molecule has 2 aliphatic rings. The van der Waals surface area contributed by atoms with Gasteiger partial charge in [-0.25, -0.2) is 0 Å². The third-order valence-corrected chi connectivity index (χ3v) is 5.68. The number of para-hydroxylation sites is 1. The second-order valence-corrected chi connectivity index (χ2v) is 7.71. The Bertz CT molecular complexity index is 871. The molecule has 1 atom stereocenters. The fourth-order valence-electron chi connectivity index (χ4n) is 4.41. The minimum atomic E-state index is -1.03. The van der Waals surface area contributed by atoms with Gasteiger partial charge in [0.25, 0.3) is 0 Å². The van der Waals surface area contributed by atoms with Crippen LogP contribution in [-0.4, -0.2) is 25.7 Å². The fourth-order valence-corrected chi connectivity index (χ4v) is 4.41. The number of carboxylic acid groups (broad SMARTS) is 1. The van der Waals surface area contributed by atoms with Gasteiger partial charge in [-0.3, -0.25) is 0 Å². The fraction of sp³-hybridized carbons (Fsp3) is 0.435. The molecule has 1 unspecified atom stereocenters. The maximum absolute atomic E-state index is 10.9. The molecule has 5 nitrogen and oxygen atoms in total. The number of fused-ring (bicyclic) bond motifs is 2. The van der Waals surface area contributed by atoms with Gasteiger partial charge >= 0.3 is 29.6 Å². The number of anilines is 2. The van der Waals surface area contributed by atoms with E-state index in [0.717, 1.165) is 49.5 Å².